The van der Waals surface area contributed by atoms with Gasteiger partial charge in [0.2, 0.25) is 0 Å². The van der Waals surface area contributed by atoms with E-state index in [1.807, 2.05) is 48.5 Å². The molecule has 0 atom stereocenters. The number of aryl methyl sites for hydroxylation is 1. The molecule has 202 valence electrons. The maximum absolute atomic E-state index is 13.3. The number of carbonyl (C=O) groups excluding carboxylic acids is 1. The fourth-order valence-electron chi connectivity index (χ4n) is 5.11. The number of hydrogen-bond acceptors (Lipinski definition) is 3. The van der Waals surface area contributed by atoms with Gasteiger partial charge in [-0.2, -0.15) is 0 Å². The normalized spacial score (nSPS) is 11.3. The highest BCUT2D eigenvalue weighted by Gasteiger charge is 2.15. The highest BCUT2D eigenvalue weighted by molar-refractivity contribution is 6.09. The number of hydrogen-bond donors (Lipinski definition) is 2. The lowest BCUT2D eigenvalue weighted by Crippen LogP contribution is -2.05. The van der Waals surface area contributed by atoms with Gasteiger partial charge in [0.15, 0.2) is 5.78 Å². The summed E-state index contributed by atoms with van der Waals surface area (Å²) >= 11 is 0. The molecule has 4 aromatic carbocycles. The summed E-state index contributed by atoms with van der Waals surface area (Å²) in [4.78, 5) is 13.3. The second-order valence-corrected chi connectivity index (χ2v) is 11.2. The molecule has 0 aliphatic heterocycles. The van der Waals surface area contributed by atoms with Crippen molar-refractivity contribution in [2.45, 2.75) is 72.6 Å². The van der Waals surface area contributed by atoms with Crippen LogP contribution in [0.5, 0.6) is 0 Å². The summed E-state index contributed by atoms with van der Waals surface area (Å²) in [6.07, 6.45) is 0.964. The Kier molecular flexibility index (Phi) is 8.91. The summed E-state index contributed by atoms with van der Waals surface area (Å²) in [6.45, 7) is 15.5. The van der Waals surface area contributed by atoms with Crippen LogP contribution in [0, 0.1) is 0 Å². The van der Waals surface area contributed by atoms with Crippen molar-refractivity contribution >= 4 is 28.5 Å². The van der Waals surface area contributed by atoms with Crippen molar-refractivity contribution in [1.29, 1.82) is 0 Å². The highest BCUT2D eigenvalue weighted by Crippen LogP contribution is 2.35. The maximum atomic E-state index is 13.3. The second kappa shape index (κ2) is 12.3. The summed E-state index contributed by atoms with van der Waals surface area (Å²) in [7, 11) is 0. The molecule has 39 heavy (non-hydrogen) atoms. The topological polar surface area (TPSA) is 41.1 Å². The molecule has 0 fully saturated rings. The Balaban J connectivity index is 1.51. The average Bonchev–Trinajstić information content (AvgIpc) is 2.93. The number of ketones is 1. The minimum Gasteiger partial charge on any atom is -0.355 e. The van der Waals surface area contributed by atoms with Gasteiger partial charge in [-0.1, -0.05) is 84.9 Å². The van der Waals surface area contributed by atoms with E-state index in [0.29, 0.717) is 28.9 Å². The van der Waals surface area contributed by atoms with Crippen LogP contribution < -0.4 is 10.6 Å². The van der Waals surface area contributed by atoms with Crippen LogP contribution in [0.2, 0.25) is 0 Å². The van der Waals surface area contributed by atoms with Gasteiger partial charge in [0.25, 0.3) is 0 Å². The summed E-state index contributed by atoms with van der Waals surface area (Å²) in [5, 5.41) is 7.26. The van der Waals surface area contributed by atoms with Crippen molar-refractivity contribution in [3.05, 3.63) is 118 Å². The lowest BCUT2D eigenvalue weighted by molar-refractivity contribution is 0.103. The molecule has 2 N–H and O–H groups in total. The first kappa shape index (κ1) is 28.2. The number of benzene rings is 4. The third-order valence-electron chi connectivity index (χ3n) is 7.39. The largest absolute Gasteiger partial charge is 0.355 e. The number of para-hydroxylation sites is 2. The Hall–Kier alpha value is -3.85. The maximum Gasteiger partial charge on any atom is 0.193 e. The van der Waals surface area contributed by atoms with Crippen LogP contribution in [-0.4, -0.2) is 5.78 Å². The van der Waals surface area contributed by atoms with Crippen molar-refractivity contribution in [1.82, 2.24) is 0 Å². The first-order valence-corrected chi connectivity index (χ1v) is 14.2. The van der Waals surface area contributed by atoms with E-state index in [1.165, 1.54) is 33.6 Å². The molecule has 4 rings (SSSR count). The molecule has 3 nitrogen and oxygen atoms in total. The van der Waals surface area contributed by atoms with Gasteiger partial charge in [-0.15, -0.1) is 0 Å². The van der Waals surface area contributed by atoms with E-state index in [9.17, 15) is 4.79 Å². The zero-order valence-electron chi connectivity index (χ0n) is 24.4. The van der Waals surface area contributed by atoms with Crippen molar-refractivity contribution in [2.75, 3.05) is 10.6 Å². The molecular formula is C36H42N2O. The average molecular weight is 519 g/mol. The minimum atomic E-state index is 0.0235. The fraction of sp³-hybridized carbons (Fsp3) is 0.306. The van der Waals surface area contributed by atoms with Gasteiger partial charge in [0, 0.05) is 33.9 Å². The number of rotatable bonds is 10. The summed E-state index contributed by atoms with van der Waals surface area (Å²) in [6, 6.07) is 28.7. The third kappa shape index (κ3) is 6.42. The molecular weight excluding hydrogens is 476 g/mol. The smallest absolute Gasteiger partial charge is 0.193 e. The van der Waals surface area contributed by atoms with E-state index in [0.717, 1.165) is 17.8 Å². The van der Waals surface area contributed by atoms with Gasteiger partial charge in [-0.3, -0.25) is 4.79 Å². The van der Waals surface area contributed by atoms with Crippen LogP contribution in [0.15, 0.2) is 84.9 Å². The minimum absolute atomic E-state index is 0.0235. The molecule has 0 saturated carbocycles. The van der Waals surface area contributed by atoms with Gasteiger partial charge in [-0.05, 0) is 95.0 Å². The van der Waals surface area contributed by atoms with E-state index < -0.39 is 0 Å². The lowest BCUT2D eigenvalue weighted by Gasteiger charge is -2.21. The quantitative estimate of drug-likeness (QED) is 0.205. The van der Waals surface area contributed by atoms with Crippen LogP contribution in [0.4, 0.5) is 22.7 Å². The standard InChI is InChI=1S/C36H42N2O/c1-8-26-11-9-12-31(23(2)3)34(26)37-29-19-15-27(16-20-29)36(39)28-17-21-30(22-18-28)38-35-32(24(4)5)13-10-14-33(35)25(6)7/h9-25,37-38H,8H2,1-7H3. The highest BCUT2D eigenvalue weighted by atomic mass is 16.1. The van der Waals surface area contributed by atoms with E-state index in [2.05, 4.69) is 95.5 Å². The molecule has 0 amide bonds. The summed E-state index contributed by atoms with van der Waals surface area (Å²) < 4.78 is 0. The van der Waals surface area contributed by atoms with Gasteiger partial charge in [0.05, 0.1) is 0 Å². The molecule has 0 bridgehead atoms. The van der Waals surface area contributed by atoms with Crippen molar-refractivity contribution in [3.63, 3.8) is 0 Å². The van der Waals surface area contributed by atoms with Gasteiger partial charge in [-0.25, -0.2) is 0 Å². The molecule has 4 aromatic rings. The Morgan fingerprint density at radius 2 is 0.949 bits per heavy atom. The molecule has 0 heterocycles. The zero-order chi connectivity index (χ0) is 28.1. The molecule has 0 spiro atoms. The molecule has 0 radical (unpaired) electrons. The summed E-state index contributed by atoms with van der Waals surface area (Å²) in [5.41, 5.74) is 10.9. The van der Waals surface area contributed by atoms with Crippen LogP contribution in [0.25, 0.3) is 0 Å². The first-order chi connectivity index (χ1) is 18.7. The van der Waals surface area contributed by atoms with Gasteiger partial charge in [0.1, 0.15) is 0 Å². The predicted octanol–water partition coefficient (Wildman–Crippen LogP) is 10.3. The molecule has 0 aliphatic carbocycles. The number of carbonyl (C=O) groups is 1. The molecule has 0 unspecified atom stereocenters. The Bertz CT molecular complexity index is 1390. The van der Waals surface area contributed by atoms with Crippen LogP contribution in [0.1, 0.15) is 104 Å². The van der Waals surface area contributed by atoms with Crippen LogP contribution in [0.3, 0.4) is 0 Å². The molecule has 0 aliphatic rings. The van der Waals surface area contributed by atoms with E-state index in [-0.39, 0.29) is 5.78 Å². The Morgan fingerprint density at radius 3 is 1.36 bits per heavy atom. The van der Waals surface area contributed by atoms with Crippen LogP contribution in [-0.2, 0) is 6.42 Å². The predicted molar refractivity (Wildman–Crippen MR) is 167 cm³/mol. The van der Waals surface area contributed by atoms with Crippen molar-refractivity contribution in [3.8, 4) is 0 Å². The lowest BCUT2D eigenvalue weighted by atomic mass is 9.92. The van der Waals surface area contributed by atoms with E-state index in [1.54, 1.807) is 0 Å². The summed E-state index contributed by atoms with van der Waals surface area (Å²) in [5.74, 6) is 1.28. The number of nitrogens with one attached hydrogen (secondary N) is 2. The van der Waals surface area contributed by atoms with Crippen molar-refractivity contribution < 1.29 is 4.79 Å². The van der Waals surface area contributed by atoms with E-state index in [4.69, 9.17) is 0 Å². The number of anilines is 4. The van der Waals surface area contributed by atoms with Crippen molar-refractivity contribution in [2.24, 2.45) is 0 Å². The SMILES string of the molecule is CCc1cccc(C(C)C)c1Nc1ccc(C(=O)c2ccc(Nc3c(C(C)C)cccc3C(C)C)cc2)cc1. The first-order valence-electron chi connectivity index (χ1n) is 14.2. The van der Waals surface area contributed by atoms with Crippen LogP contribution >= 0.6 is 0 Å². The van der Waals surface area contributed by atoms with Gasteiger partial charge >= 0.3 is 0 Å². The van der Waals surface area contributed by atoms with E-state index >= 15 is 0 Å². The van der Waals surface area contributed by atoms with Gasteiger partial charge < -0.3 is 10.6 Å². The zero-order valence-corrected chi connectivity index (χ0v) is 24.4. The molecule has 0 saturated heterocycles. The Labute approximate surface area is 234 Å². The second-order valence-electron chi connectivity index (χ2n) is 11.2. The Morgan fingerprint density at radius 1 is 0.564 bits per heavy atom. The molecule has 3 heteroatoms. The fourth-order valence-corrected chi connectivity index (χ4v) is 5.11. The monoisotopic (exact) mass is 518 g/mol. The molecule has 0 aromatic heterocycles. The third-order valence-corrected chi connectivity index (χ3v) is 7.39.